The Hall–Kier alpha value is -1.83. The van der Waals surface area contributed by atoms with Crippen LogP contribution >= 0.6 is 0 Å². The zero-order valence-electron chi connectivity index (χ0n) is 20.9. The minimum atomic E-state index is -4.84. The summed E-state index contributed by atoms with van der Waals surface area (Å²) in [5.74, 6) is 0. The molecule has 0 aliphatic carbocycles. The molecule has 0 aromatic heterocycles. The fourth-order valence-corrected chi connectivity index (χ4v) is 5.05. The van der Waals surface area contributed by atoms with Gasteiger partial charge < -0.3 is 18.9 Å². The van der Waals surface area contributed by atoms with E-state index in [0.29, 0.717) is 12.5 Å². The summed E-state index contributed by atoms with van der Waals surface area (Å²) >= 11 is 0. The number of alkyl halides is 3. The van der Waals surface area contributed by atoms with Gasteiger partial charge in [-0.3, -0.25) is 0 Å². The molecule has 2 aliphatic heterocycles. The lowest BCUT2D eigenvalue weighted by atomic mass is 9.76. The summed E-state index contributed by atoms with van der Waals surface area (Å²) in [4.78, 5) is 13.1. The van der Waals surface area contributed by atoms with Crippen molar-refractivity contribution in [1.29, 1.82) is 0 Å². The van der Waals surface area contributed by atoms with Gasteiger partial charge in [0.1, 0.15) is 5.60 Å². The standard InChI is InChI=1S/C22H32BF3N2O6S/c1-19(2,3)32-18(29)28-11-10-14(13-28)27-35(30,31)15-8-9-17(16(12-15)22(24,25)26)23-33-20(4,5)21(6,7)34-23/h8-9,12,14,27H,10-11,13H2,1-7H3. The van der Waals surface area contributed by atoms with Crippen molar-refractivity contribution < 1.29 is 40.4 Å². The first-order chi connectivity index (χ1) is 15.7. The van der Waals surface area contributed by atoms with Gasteiger partial charge in [0.15, 0.2) is 0 Å². The Morgan fingerprint density at radius 2 is 1.71 bits per heavy atom. The van der Waals surface area contributed by atoms with Gasteiger partial charge in [0.2, 0.25) is 10.0 Å². The number of carbonyl (C=O) groups excluding carboxylic acids is 1. The molecule has 1 atom stereocenters. The fourth-order valence-electron chi connectivity index (χ4n) is 3.76. The molecule has 0 bridgehead atoms. The number of nitrogens with one attached hydrogen (secondary N) is 1. The second-order valence-electron chi connectivity index (χ2n) is 10.9. The van der Waals surface area contributed by atoms with Gasteiger partial charge in [-0.2, -0.15) is 13.2 Å². The number of halogens is 3. The van der Waals surface area contributed by atoms with Crippen molar-refractivity contribution in [2.75, 3.05) is 13.1 Å². The summed E-state index contributed by atoms with van der Waals surface area (Å²) in [5, 5.41) is 0. The number of hydrogen-bond donors (Lipinski definition) is 1. The smallest absolute Gasteiger partial charge is 0.444 e. The molecule has 196 valence electrons. The Labute approximate surface area is 204 Å². The number of nitrogens with zero attached hydrogens (tertiary/aromatic N) is 1. The van der Waals surface area contributed by atoms with Crippen LogP contribution in [0.25, 0.3) is 0 Å². The molecule has 2 fully saturated rings. The van der Waals surface area contributed by atoms with Gasteiger partial charge in [0.25, 0.3) is 0 Å². The largest absolute Gasteiger partial charge is 0.495 e. The molecular weight excluding hydrogens is 488 g/mol. The van der Waals surface area contributed by atoms with Crippen molar-refractivity contribution >= 4 is 28.7 Å². The number of ether oxygens (including phenoxy) is 1. The minimum Gasteiger partial charge on any atom is -0.444 e. The van der Waals surface area contributed by atoms with Gasteiger partial charge >= 0.3 is 19.4 Å². The average Bonchev–Trinajstić information content (AvgIpc) is 3.20. The quantitative estimate of drug-likeness (QED) is 0.613. The summed E-state index contributed by atoms with van der Waals surface area (Å²) in [6, 6.07) is 2.09. The van der Waals surface area contributed by atoms with E-state index in [1.165, 1.54) is 4.90 Å². The number of likely N-dealkylation sites (tertiary alicyclic amines) is 1. The molecule has 3 rings (SSSR count). The zero-order valence-corrected chi connectivity index (χ0v) is 21.8. The molecule has 1 unspecified atom stereocenters. The lowest BCUT2D eigenvalue weighted by Gasteiger charge is -2.32. The summed E-state index contributed by atoms with van der Waals surface area (Å²) < 4.78 is 86.9. The van der Waals surface area contributed by atoms with Crippen molar-refractivity contribution in [3.05, 3.63) is 23.8 Å². The van der Waals surface area contributed by atoms with E-state index in [2.05, 4.69) is 4.72 Å². The second kappa shape index (κ2) is 8.93. The number of benzene rings is 1. The van der Waals surface area contributed by atoms with Crippen LogP contribution in [0.1, 0.15) is 60.5 Å². The molecule has 0 spiro atoms. The van der Waals surface area contributed by atoms with E-state index in [4.69, 9.17) is 14.0 Å². The third-order valence-electron chi connectivity index (χ3n) is 6.31. The Morgan fingerprint density at radius 3 is 2.23 bits per heavy atom. The summed E-state index contributed by atoms with van der Waals surface area (Å²) in [6.45, 7) is 12.3. The van der Waals surface area contributed by atoms with E-state index in [0.717, 1.165) is 12.1 Å². The van der Waals surface area contributed by atoms with Gasteiger partial charge in [-0.15, -0.1) is 0 Å². The van der Waals surface area contributed by atoms with E-state index < -0.39 is 62.7 Å². The summed E-state index contributed by atoms with van der Waals surface area (Å²) in [7, 11) is -5.61. The Balaban J connectivity index is 1.82. The van der Waals surface area contributed by atoms with Crippen LogP contribution in [-0.2, 0) is 30.2 Å². The van der Waals surface area contributed by atoms with Crippen molar-refractivity contribution in [2.45, 2.75) is 88.8 Å². The predicted octanol–water partition coefficient (Wildman–Crippen LogP) is 3.29. The Bertz CT molecular complexity index is 1070. The van der Waals surface area contributed by atoms with Crippen molar-refractivity contribution in [3.63, 3.8) is 0 Å². The van der Waals surface area contributed by atoms with Crippen molar-refractivity contribution in [3.8, 4) is 0 Å². The highest BCUT2D eigenvalue weighted by atomic mass is 32.2. The molecule has 1 aromatic rings. The van der Waals surface area contributed by atoms with E-state index in [-0.39, 0.29) is 18.6 Å². The molecule has 2 saturated heterocycles. The molecule has 35 heavy (non-hydrogen) atoms. The van der Waals surface area contributed by atoms with E-state index in [9.17, 15) is 26.4 Å². The summed E-state index contributed by atoms with van der Waals surface area (Å²) in [6.07, 6.45) is -5.12. The van der Waals surface area contributed by atoms with Crippen LogP contribution in [0, 0.1) is 0 Å². The number of sulfonamides is 1. The lowest BCUT2D eigenvalue weighted by Crippen LogP contribution is -2.41. The third kappa shape index (κ3) is 6.12. The molecule has 0 radical (unpaired) electrons. The highest BCUT2D eigenvalue weighted by Crippen LogP contribution is 2.38. The number of hydrogen-bond acceptors (Lipinski definition) is 6. The maximum Gasteiger partial charge on any atom is 0.495 e. The number of amides is 1. The maximum absolute atomic E-state index is 14.0. The molecule has 1 N–H and O–H groups in total. The number of rotatable bonds is 4. The van der Waals surface area contributed by atoms with E-state index in [1.54, 1.807) is 48.5 Å². The van der Waals surface area contributed by atoms with Gasteiger partial charge in [-0.05, 0) is 72.5 Å². The van der Waals surface area contributed by atoms with Gasteiger partial charge in [0.05, 0.1) is 21.7 Å². The normalized spacial score (nSPS) is 22.5. The van der Waals surface area contributed by atoms with Crippen LogP contribution in [-0.4, -0.2) is 62.5 Å². The van der Waals surface area contributed by atoms with Crippen molar-refractivity contribution in [1.82, 2.24) is 9.62 Å². The monoisotopic (exact) mass is 520 g/mol. The molecule has 1 amide bonds. The summed E-state index contributed by atoms with van der Waals surface area (Å²) in [5.41, 5.74) is -3.89. The van der Waals surface area contributed by atoms with Crippen LogP contribution in [0.4, 0.5) is 18.0 Å². The zero-order chi connectivity index (χ0) is 26.6. The van der Waals surface area contributed by atoms with E-state index >= 15 is 0 Å². The first-order valence-corrected chi connectivity index (χ1v) is 12.8. The molecule has 13 heteroatoms. The Morgan fingerprint density at radius 1 is 1.14 bits per heavy atom. The van der Waals surface area contributed by atoms with Gasteiger partial charge in [-0.25, -0.2) is 17.9 Å². The molecular formula is C22H32BF3N2O6S. The van der Waals surface area contributed by atoms with Crippen molar-refractivity contribution in [2.24, 2.45) is 0 Å². The van der Waals surface area contributed by atoms with Crippen LogP contribution in [0.5, 0.6) is 0 Å². The predicted molar refractivity (Wildman–Crippen MR) is 124 cm³/mol. The van der Waals surface area contributed by atoms with Crippen LogP contribution in [0.3, 0.4) is 0 Å². The third-order valence-corrected chi connectivity index (χ3v) is 7.83. The first kappa shape index (κ1) is 27.8. The fraction of sp³-hybridized carbons (Fsp3) is 0.682. The highest BCUT2D eigenvalue weighted by molar-refractivity contribution is 7.89. The lowest BCUT2D eigenvalue weighted by molar-refractivity contribution is -0.137. The first-order valence-electron chi connectivity index (χ1n) is 11.3. The average molecular weight is 520 g/mol. The van der Waals surface area contributed by atoms with E-state index in [1.807, 2.05) is 0 Å². The minimum absolute atomic E-state index is 0.0479. The molecule has 0 saturated carbocycles. The topological polar surface area (TPSA) is 94.2 Å². The SMILES string of the molecule is CC(C)(C)OC(=O)N1CCC(NS(=O)(=O)c2ccc(B3OC(C)(C)C(C)(C)O3)c(C(F)(F)F)c2)C1. The van der Waals surface area contributed by atoms with Gasteiger partial charge in [0, 0.05) is 19.1 Å². The molecule has 2 aliphatic rings. The molecule has 2 heterocycles. The van der Waals surface area contributed by atoms with Gasteiger partial charge in [-0.1, -0.05) is 6.07 Å². The molecule has 1 aromatic carbocycles. The highest BCUT2D eigenvalue weighted by Gasteiger charge is 2.53. The second-order valence-corrected chi connectivity index (χ2v) is 12.6. The van der Waals surface area contributed by atoms with Crippen LogP contribution < -0.4 is 10.2 Å². The van der Waals surface area contributed by atoms with Crippen LogP contribution in [0.15, 0.2) is 23.1 Å². The molecule has 8 nitrogen and oxygen atoms in total. The number of carbonyl (C=O) groups is 1. The Kier molecular flexibility index (Phi) is 7.08. The maximum atomic E-state index is 14.0. The van der Waals surface area contributed by atoms with Crippen LogP contribution in [0.2, 0.25) is 0 Å².